The lowest BCUT2D eigenvalue weighted by molar-refractivity contribution is 0.176. The van der Waals surface area contributed by atoms with Crippen molar-refractivity contribution in [1.82, 2.24) is 15.6 Å². The second kappa shape index (κ2) is 8.85. The molecule has 1 atom stereocenters. The third-order valence-corrected chi connectivity index (χ3v) is 3.20. The van der Waals surface area contributed by atoms with Gasteiger partial charge in [0, 0.05) is 24.8 Å². The van der Waals surface area contributed by atoms with Crippen LogP contribution in [0.3, 0.4) is 0 Å². The number of pyridine rings is 1. The van der Waals surface area contributed by atoms with E-state index in [1.165, 1.54) is 6.07 Å². The molecule has 1 unspecified atom stereocenters. The highest BCUT2D eigenvalue weighted by Crippen LogP contribution is 2.15. The molecule has 1 heterocycles. The Labute approximate surface area is 135 Å². The fourth-order valence-corrected chi connectivity index (χ4v) is 2.04. The number of aliphatic hydroxyl groups excluding tert-OH is 1. The summed E-state index contributed by atoms with van der Waals surface area (Å²) < 4.78 is 13.6. The Morgan fingerprint density at radius 1 is 1.22 bits per heavy atom. The number of benzene rings is 1. The molecule has 1 aromatic heterocycles. The maximum atomic E-state index is 13.6. The maximum absolute atomic E-state index is 13.6. The molecule has 2 rings (SSSR count). The smallest absolute Gasteiger partial charge is 0.191 e. The minimum atomic E-state index is -0.949. The van der Waals surface area contributed by atoms with E-state index >= 15 is 0 Å². The van der Waals surface area contributed by atoms with Crippen molar-refractivity contribution in [3.8, 4) is 0 Å². The molecule has 6 heteroatoms. The van der Waals surface area contributed by atoms with Crippen LogP contribution in [0.2, 0.25) is 0 Å². The molecular weight excluding hydrogens is 295 g/mol. The summed E-state index contributed by atoms with van der Waals surface area (Å²) in [5, 5.41) is 16.2. The fraction of sp³-hybridized carbons (Fsp3) is 0.294. The molecule has 1 aromatic carbocycles. The van der Waals surface area contributed by atoms with E-state index in [0.29, 0.717) is 19.0 Å². The van der Waals surface area contributed by atoms with Crippen LogP contribution in [0.4, 0.5) is 4.39 Å². The highest BCUT2D eigenvalue weighted by Gasteiger charge is 2.12. The first kappa shape index (κ1) is 16.9. The predicted octanol–water partition coefficient (Wildman–Crippen LogP) is 2.01. The van der Waals surface area contributed by atoms with E-state index in [-0.39, 0.29) is 12.1 Å². The number of hydrogen-bond acceptors (Lipinski definition) is 3. The third-order valence-electron chi connectivity index (χ3n) is 3.20. The molecule has 5 nitrogen and oxygen atoms in total. The Morgan fingerprint density at radius 3 is 2.70 bits per heavy atom. The Balaban J connectivity index is 1.95. The van der Waals surface area contributed by atoms with E-state index in [9.17, 15) is 9.50 Å². The van der Waals surface area contributed by atoms with Crippen molar-refractivity contribution in [2.75, 3.05) is 13.1 Å². The summed E-state index contributed by atoms with van der Waals surface area (Å²) >= 11 is 0. The van der Waals surface area contributed by atoms with Crippen LogP contribution in [-0.4, -0.2) is 29.1 Å². The normalized spacial score (nSPS) is 12.7. The molecule has 0 aliphatic rings. The summed E-state index contributed by atoms with van der Waals surface area (Å²) in [6.07, 6.45) is 0.766. The molecule has 0 amide bonds. The number of nitrogens with one attached hydrogen (secondary N) is 2. The summed E-state index contributed by atoms with van der Waals surface area (Å²) in [7, 11) is 0. The standard InChI is InChI=1S/C17H21FN4O/c1-2-19-17(21-11-13-7-5-6-10-20-13)22-12-16(23)14-8-3-4-9-15(14)18/h3-10,16,23H,2,11-12H2,1H3,(H2,19,21,22). The summed E-state index contributed by atoms with van der Waals surface area (Å²) in [4.78, 5) is 8.60. The zero-order valence-electron chi connectivity index (χ0n) is 13.0. The van der Waals surface area contributed by atoms with Gasteiger partial charge in [0.15, 0.2) is 5.96 Å². The minimum Gasteiger partial charge on any atom is -0.386 e. The van der Waals surface area contributed by atoms with Gasteiger partial charge in [0.05, 0.1) is 18.3 Å². The number of rotatable bonds is 6. The molecule has 0 aliphatic heterocycles. The fourth-order valence-electron chi connectivity index (χ4n) is 2.04. The van der Waals surface area contributed by atoms with E-state index in [0.717, 1.165) is 5.69 Å². The van der Waals surface area contributed by atoms with Gasteiger partial charge in [0.1, 0.15) is 5.82 Å². The lowest BCUT2D eigenvalue weighted by Crippen LogP contribution is -2.39. The molecule has 0 saturated heterocycles. The van der Waals surface area contributed by atoms with Crippen molar-refractivity contribution in [3.63, 3.8) is 0 Å². The number of guanidine groups is 1. The van der Waals surface area contributed by atoms with Crippen LogP contribution in [0, 0.1) is 5.82 Å². The largest absolute Gasteiger partial charge is 0.386 e. The molecule has 23 heavy (non-hydrogen) atoms. The van der Waals surface area contributed by atoms with Crippen molar-refractivity contribution >= 4 is 5.96 Å². The van der Waals surface area contributed by atoms with Gasteiger partial charge in [-0.05, 0) is 25.1 Å². The molecular formula is C17H21FN4O. The average molecular weight is 316 g/mol. The Kier molecular flexibility index (Phi) is 6.50. The van der Waals surface area contributed by atoms with E-state index in [1.807, 2.05) is 25.1 Å². The predicted molar refractivity (Wildman–Crippen MR) is 88.4 cm³/mol. The van der Waals surface area contributed by atoms with Crippen LogP contribution in [0.1, 0.15) is 24.3 Å². The quantitative estimate of drug-likeness (QED) is 0.563. The lowest BCUT2D eigenvalue weighted by atomic mass is 10.1. The van der Waals surface area contributed by atoms with Gasteiger partial charge >= 0.3 is 0 Å². The van der Waals surface area contributed by atoms with E-state index in [1.54, 1.807) is 24.4 Å². The molecule has 0 aliphatic carbocycles. The highest BCUT2D eigenvalue weighted by atomic mass is 19.1. The first-order chi connectivity index (χ1) is 11.2. The molecule has 122 valence electrons. The highest BCUT2D eigenvalue weighted by molar-refractivity contribution is 5.79. The summed E-state index contributed by atoms with van der Waals surface area (Å²) in [5.74, 6) is 0.130. The molecule has 0 spiro atoms. The second-order valence-corrected chi connectivity index (χ2v) is 4.93. The van der Waals surface area contributed by atoms with Crippen molar-refractivity contribution in [1.29, 1.82) is 0 Å². The van der Waals surface area contributed by atoms with Crippen LogP contribution < -0.4 is 10.6 Å². The molecule has 3 N–H and O–H groups in total. The van der Waals surface area contributed by atoms with Crippen LogP contribution in [-0.2, 0) is 6.54 Å². The SMILES string of the molecule is CCNC(=NCc1ccccn1)NCC(O)c1ccccc1F. The van der Waals surface area contributed by atoms with Gasteiger partial charge in [-0.25, -0.2) is 9.38 Å². The van der Waals surface area contributed by atoms with Gasteiger partial charge < -0.3 is 15.7 Å². The Morgan fingerprint density at radius 2 is 2.00 bits per heavy atom. The van der Waals surface area contributed by atoms with Gasteiger partial charge in [-0.2, -0.15) is 0 Å². The van der Waals surface area contributed by atoms with Crippen molar-refractivity contribution in [2.24, 2.45) is 4.99 Å². The number of nitrogens with zero attached hydrogens (tertiary/aromatic N) is 2. The third kappa shape index (κ3) is 5.34. The van der Waals surface area contributed by atoms with Gasteiger partial charge in [0.25, 0.3) is 0 Å². The number of halogens is 1. The maximum Gasteiger partial charge on any atom is 0.191 e. The number of aliphatic imine (C=N–C) groups is 1. The monoisotopic (exact) mass is 316 g/mol. The summed E-state index contributed by atoms with van der Waals surface area (Å²) in [6.45, 7) is 3.22. The summed E-state index contributed by atoms with van der Waals surface area (Å²) in [5.41, 5.74) is 1.11. The van der Waals surface area contributed by atoms with Crippen molar-refractivity contribution in [2.45, 2.75) is 19.6 Å². The summed E-state index contributed by atoms with van der Waals surface area (Å²) in [6, 6.07) is 11.8. The van der Waals surface area contributed by atoms with Crippen LogP contribution in [0.5, 0.6) is 0 Å². The van der Waals surface area contributed by atoms with Crippen LogP contribution >= 0.6 is 0 Å². The molecule has 0 bridgehead atoms. The zero-order valence-corrected chi connectivity index (χ0v) is 13.0. The number of aliphatic hydroxyl groups is 1. The van der Waals surface area contributed by atoms with E-state index in [4.69, 9.17) is 0 Å². The van der Waals surface area contributed by atoms with E-state index in [2.05, 4.69) is 20.6 Å². The van der Waals surface area contributed by atoms with Gasteiger partial charge in [0.2, 0.25) is 0 Å². The van der Waals surface area contributed by atoms with Gasteiger partial charge in [-0.3, -0.25) is 4.98 Å². The molecule has 2 aromatic rings. The van der Waals surface area contributed by atoms with Gasteiger partial charge in [-0.15, -0.1) is 0 Å². The Hall–Kier alpha value is -2.47. The van der Waals surface area contributed by atoms with Gasteiger partial charge in [-0.1, -0.05) is 24.3 Å². The number of aromatic nitrogens is 1. The van der Waals surface area contributed by atoms with Crippen molar-refractivity contribution < 1.29 is 9.50 Å². The molecule has 0 fully saturated rings. The molecule has 0 radical (unpaired) electrons. The van der Waals surface area contributed by atoms with Crippen LogP contribution in [0.15, 0.2) is 53.7 Å². The van der Waals surface area contributed by atoms with E-state index < -0.39 is 11.9 Å². The molecule has 0 saturated carbocycles. The minimum absolute atomic E-state index is 0.162. The Bertz CT molecular complexity index is 634. The van der Waals surface area contributed by atoms with Crippen molar-refractivity contribution in [3.05, 3.63) is 65.7 Å². The zero-order chi connectivity index (χ0) is 16.5. The number of hydrogen-bond donors (Lipinski definition) is 3. The first-order valence-corrected chi connectivity index (χ1v) is 7.55. The lowest BCUT2D eigenvalue weighted by Gasteiger charge is -2.16. The second-order valence-electron chi connectivity index (χ2n) is 4.93. The first-order valence-electron chi connectivity index (χ1n) is 7.55. The van der Waals surface area contributed by atoms with Crippen LogP contribution in [0.25, 0.3) is 0 Å². The topological polar surface area (TPSA) is 69.5 Å². The average Bonchev–Trinajstić information content (AvgIpc) is 2.58.